The maximum Gasteiger partial charge on any atom is 0.408 e. The van der Waals surface area contributed by atoms with Gasteiger partial charge in [-0.15, -0.1) is 6.42 Å². The van der Waals surface area contributed by atoms with Crippen LogP contribution in [0, 0.1) is 12.3 Å². The van der Waals surface area contributed by atoms with E-state index in [1.165, 1.54) is 17.0 Å². The van der Waals surface area contributed by atoms with Gasteiger partial charge in [-0.2, -0.15) is 0 Å². The number of unbranched alkanes of at least 4 members (excludes halogenated alkanes) is 3. The molecule has 0 spiro atoms. The molecule has 0 saturated heterocycles. The zero-order chi connectivity index (χ0) is 33.4. The van der Waals surface area contributed by atoms with Crippen LogP contribution in [0.15, 0.2) is 48.5 Å². The molecule has 2 rings (SSSR count). The molecule has 10 heteroatoms. The van der Waals surface area contributed by atoms with Crippen molar-refractivity contribution >= 4 is 23.9 Å². The number of hydrogen-bond donors (Lipinski definition) is 3. The van der Waals surface area contributed by atoms with E-state index in [0.29, 0.717) is 23.1 Å². The van der Waals surface area contributed by atoms with Crippen LogP contribution in [0.1, 0.15) is 89.5 Å². The smallest absolute Gasteiger partial charge is 0.408 e. The van der Waals surface area contributed by atoms with Gasteiger partial charge in [0, 0.05) is 25.1 Å². The highest BCUT2D eigenvalue weighted by molar-refractivity contribution is 5.93. The molecule has 10 nitrogen and oxygen atoms in total. The number of benzene rings is 2. The van der Waals surface area contributed by atoms with E-state index in [4.69, 9.17) is 15.9 Å². The monoisotopic (exact) mass is 621 g/mol. The molecule has 0 fully saturated rings. The molecule has 0 bridgehead atoms. The number of terminal acetylenes is 1. The second-order valence-corrected chi connectivity index (χ2v) is 11.6. The first-order chi connectivity index (χ1) is 21.4. The zero-order valence-corrected chi connectivity index (χ0v) is 27.1. The lowest BCUT2D eigenvalue weighted by Crippen LogP contribution is -2.54. The second-order valence-electron chi connectivity index (χ2n) is 11.6. The molecule has 0 aliphatic heterocycles. The third-order valence-corrected chi connectivity index (χ3v) is 6.81. The van der Waals surface area contributed by atoms with Crippen LogP contribution in [0.2, 0.25) is 0 Å². The molecule has 45 heavy (non-hydrogen) atoms. The van der Waals surface area contributed by atoms with Crippen LogP contribution < -0.4 is 10.6 Å². The van der Waals surface area contributed by atoms with Crippen molar-refractivity contribution < 1.29 is 33.8 Å². The van der Waals surface area contributed by atoms with Crippen LogP contribution >= 0.6 is 0 Å². The first-order valence-corrected chi connectivity index (χ1v) is 15.5. The normalized spacial score (nSPS) is 12.3. The minimum absolute atomic E-state index is 0.00263. The number of alkyl carbamates (subject to hydrolysis) is 1. The predicted octanol–water partition coefficient (Wildman–Crippen LogP) is 5.03. The van der Waals surface area contributed by atoms with Gasteiger partial charge in [0.05, 0.1) is 13.0 Å². The summed E-state index contributed by atoms with van der Waals surface area (Å²) in [7, 11) is 0. The summed E-state index contributed by atoms with van der Waals surface area (Å²) in [5, 5.41) is 15.3. The first-order valence-electron chi connectivity index (χ1n) is 15.5. The maximum atomic E-state index is 14.6. The highest BCUT2D eigenvalue weighted by atomic mass is 16.6. The highest BCUT2D eigenvalue weighted by Gasteiger charge is 2.37. The van der Waals surface area contributed by atoms with Gasteiger partial charge in [0.15, 0.2) is 0 Å². The number of esters is 1. The van der Waals surface area contributed by atoms with Gasteiger partial charge in [-0.1, -0.05) is 62.4 Å². The van der Waals surface area contributed by atoms with Crippen molar-refractivity contribution in [3.8, 4) is 18.1 Å². The van der Waals surface area contributed by atoms with Crippen molar-refractivity contribution in [2.45, 2.75) is 90.8 Å². The molecule has 2 unspecified atom stereocenters. The molecule has 2 aromatic rings. The number of carbonyl (C=O) groups is 4. The van der Waals surface area contributed by atoms with E-state index in [1.54, 1.807) is 64.1 Å². The van der Waals surface area contributed by atoms with Gasteiger partial charge < -0.3 is 30.1 Å². The predicted molar refractivity (Wildman–Crippen MR) is 172 cm³/mol. The Bertz CT molecular complexity index is 1310. The van der Waals surface area contributed by atoms with Crippen LogP contribution in [0.3, 0.4) is 0 Å². The largest absolute Gasteiger partial charge is 0.508 e. The van der Waals surface area contributed by atoms with Gasteiger partial charge in [0.1, 0.15) is 23.4 Å². The summed E-state index contributed by atoms with van der Waals surface area (Å²) in [4.78, 5) is 54.9. The lowest BCUT2D eigenvalue weighted by molar-refractivity contribution is -0.144. The standard InChI is InChI=1S/C35H47N3O7/c1-7-10-11-14-23-38(31(28-16-13-12-15-26(28)8-2)32(41)36-22-21-30(40)44-9-3)33(42)29(37-34(43)45-35(4,5)6)24-25-17-19-27(39)20-18-25/h2,12-13,15-20,29,31,39H,7,9-11,14,21-24H2,1,3-6H3,(H,36,41)(H,37,43). The summed E-state index contributed by atoms with van der Waals surface area (Å²) in [6.45, 7) is 9.35. The highest BCUT2D eigenvalue weighted by Crippen LogP contribution is 2.27. The Morgan fingerprint density at radius 1 is 1.00 bits per heavy atom. The fourth-order valence-corrected chi connectivity index (χ4v) is 4.73. The minimum Gasteiger partial charge on any atom is -0.508 e. The van der Waals surface area contributed by atoms with Crippen LogP contribution in [-0.2, 0) is 30.3 Å². The van der Waals surface area contributed by atoms with E-state index in [2.05, 4.69) is 23.5 Å². The van der Waals surface area contributed by atoms with E-state index in [0.717, 1.165) is 19.3 Å². The quantitative estimate of drug-likeness (QED) is 0.136. The Morgan fingerprint density at radius 3 is 2.31 bits per heavy atom. The Balaban J connectivity index is 2.58. The van der Waals surface area contributed by atoms with Crippen molar-refractivity contribution in [2.75, 3.05) is 19.7 Å². The number of amides is 3. The molecular formula is C35H47N3O7. The number of hydrogen-bond acceptors (Lipinski definition) is 7. The second kappa shape index (κ2) is 18.3. The summed E-state index contributed by atoms with van der Waals surface area (Å²) in [5.41, 5.74) is 0.735. The summed E-state index contributed by atoms with van der Waals surface area (Å²) in [6.07, 6.45) is 8.39. The van der Waals surface area contributed by atoms with Crippen molar-refractivity contribution in [3.63, 3.8) is 0 Å². The molecule has 0 aromatic heterocycles. The van der Waals surface area contributed by atoms with Gasteiger partial charge in [0.2, 0.25) is 11.8 Å². The van der Waals surface area contributed by atoms with Crippen LogP contribution in [0.25, 0.3) is 0 Å². The molecule has 244 valence electrons. The van der Waals surface area contributed by atoms with E-state index in [9.17, 15) is 24.3 Å². The molecule has 0 saturated carbocycles. The average molecular weight is 622 g/mol. The third-order valence-electron chi connectivity index (χ3n) is 6.81. The minimum atomic E-state index is -1.16. The lowest BCUT2D eigenvalue weighted by Gasteiger charge is -2.35. The molecule has 0 aliphatic rings. The zero-order valence-electron chi connectivity index (χ0n) is 27.1. The van der Waals surface area contributed by atoms with Gasteiger partial charge >= 0.3 is 12.1 Å². The van der Waals surface area contributed by atoms with Gasteiger partial charge in [-0.3, -0.25) is 14.4 Å². The molecule has 0 heterocycles. The molecule has 3 N–H and O–H groups in total. The Morgan fingerprint density at radius 2 is 1.69 bits per heavy atom. The summed E-state index contributed by atoms with van der Waals surface area (Å²) in [6, 6.07) is 10.9. The van der Waals surface area contributed by atoms with E-state index < -0.39 is 41.6 Å². The topological polar surface area (TPSA) is 134 Å². The fraction of sp³-hybridized carbons (Fsp3) is 0.486. The molecule has 3 amide bonds. The fourth-order valence-electron chi connectivity index (χ4n) is 4.73. The number of phenols is 1. The number of phenolic OH excluding ortho intramolecular Hbond substituents is 1. The number of nitrogens with zero attached hydrogens (tertiary/aromatic N) is 1. The Labute approximate surface area is 266 Å². The van der Waals surface area contributed by atoms with Crippen LogP contribution in [-0.4, -0.2) is 65.2 Å². The van der Waals surface area contributed by atoms with E-state index in [-0.39, 0.29) is 38.3 Å². The van der Waals surface area contributed by atoms with Crippen molar-refractivity contribution in [2.24, 2.45) is 0 Å². The SMILES string of the molecule is C#Cc1ccccc1C(C(=O)NCCC(=O)OCC)N(CCCCCC)C(=O)C(Cc1ccc(O)cc1)NC(=O)OC(C)(C)C. The summed E-state index contributed by atoms with van der Waals surface area (Å²) in [5.74, 6) is 1.19. The molecule has 2 atom stereocenters. The molecule has 0 aliphatic carbocycles. The third kappa shape index (κ3) is 12.5. The maximum absolute atomic E-state index is 14.6. The van der Waals surface area contributed by atoms with Crippen LogP contribution in [0.4, 0.5) is 4.79 Å². The Hall–Kier alpha value is -4.52. The number of aromatic hydroxyl groups is 1. The van der Waals surface area contributed by atoms with Gasteiger partial charge in [0.25, 0.3) is 0 Å². The molecule has 0 radical (unpaired) electrons. The van der Waals surface area contributed by atoms with Gasteiger partial charge in [-0.05, 0) is 63.4 Å². The number of rotatable bonds is 16. The Kier molecular flexibility index (Phi) is 14.9. The molecule has 2 aromatic carbocycles. The lowest BCUT2D eigenvalue weighted by atomic mass is 9.96. The number of ether oxygens (including phenoxy) is 2. The summed E-state index contributed by atoms with van der Waals surface area (Å²) < 4.78 is 10.5. The van der Waals surface area contributed by atoms with Gasteiger partial charge in [-0.25, -0.2) is 4.79 Å². The van der Waals surface area contributed by atoms with Crippen molar-refractivity contribution in [1.82, 2.24) is 15.5 Å². The van der Waals surface area contributed by atoms with Crippen molar-refractivity contribution in [3.05, 3.63) is 65.2 Å². The van der Waals surface area contributed by atoms with E-state index >= 15 is 0 Å². The first kappa shape index (κ1) is 36.7. The molecular weight excluding hydrogens is 574 g/mol. The number of carbonyl (C=O) groups excluding carboxylic acids is 4. The van der Waals surface area contributed by atoms with Crippen LogP contribution in [0.5, 0.6) is 5.75 Å². The number of nitrogens with one attached hydrogen (secondary N) is 2. The summed E-state index contributed by atoms with van der Waals surface area (Å²) >= 11 is 0. The van der Waals surface area contributed by atoms with E-state index in [1.807, 2.05) is 0 Å². The van der Waals surface area contributed by atoms with Crippen molar-refractivity contribution in [1.29, 1.82) is 0 Å². The average Bonchev–Trinajstić information content (AvgIpc) is 2.98.